The van der Waals surface area contributed by atoms with E-state index in [1.165, 1.54) is 11.8 Å². The van der Waals surface area contributed by atoms with Gasteiger partial charge in [0.25, 0.3) is 0 Å². The normalized spacial score (nSPS) is 26.1. The minimum Gasteiger partial charge on any atom is -0.312 e. The molecule has 0 spiro atoms. The molecule has 0 saturated heterocycles. The number of amides is 2. The number of rotatable bonds is 1. The predicted octanol–water partition coefficient (Wildman–Crippen LogP) is -0.211. The van der Waals surface area contributed by atoms with Crippen LogP contribution in [-0.2, 0) is 0 Å². The Morgan fingerprint density at radius 3 is 3.25 bits per heavy atom. The summed E-state index contributed by atoms with van der Waals surface area (Å²) in [4.78, 5) is 11.0. The minimum absolute atomic E-state index is 0.152. The number of hydrogen-bond acceptors (Lipinski definition) is 4. The van der Waals surface area contributed by atoms with Gasteiger partial charge in [0, 0.05) is 5.57 Å². The summed E-state index contributed by atoms with van der Waals surface area (Å²) in [5.74, 6) is 0. The van der Waals surface area contributed by atoms with Gasteiger partial charge in [-0.1, -0.05) is 0 Å². The van der Waals surface area contributed by atoms with Gasteiger partial charge in [-0.2, -0.15) is 5.10 Å². The molecule has 0 aromatic heterocycles. The van der Waals surface area contributed by atoms with Crippen LogP contribution >= 0.6 is 11.8 Å². The van der Waals surface area contributed by atoms with Crippen molar-refractivity contribution in [1.82, 2.24) is 16.1 Å². The van der Waals surface area contributed by atoms with Crippen LogP contribution in [0.2, 0.25) is 0 Å². The van der Waals surface area contributed by atoms with E-state index in [-0.39, 0.29) is 12.2 Å². The summed E-state index contributed by atoms with van der Waals surface area (Å²) in [6.45, 7) is 0. The fourth-order valence-corrected chi connectivity index (χ4v) is 1.74. The van der Waals surface area contributed by atoms with Crippen LogP contribution in [0.1, 0.15) is 0 Å². The largest absolute Gasteiger partial charge is 0.321 e. The van der Waals surface area contributed by atoms with Crippen molar-refractivity contribution < 1.29 is 4.79 Å². The number of thioether (sulfide) groups is 1. The summed E-state index contributed by atoms with van der Waals surface area (Å²) in [5, 5.41) is 10.1. The summed E-state index contributed by atoms with van der Waals surface area (Å²) in [7, 11) is 0. The van der Waals surface area contributed by atoms with E-state index in [0.29, 0.717) is 0 Å². The van der Waals surface area contributed by atoms with Crippen LogP contribution in [-0.4, -0.2) is 24.7 Å². The minimum atomic E-state index is -0.189. The number of nitrogens with zero attached hydrogens (tertiary/aromatic N) is 1. The maximum Gasteiger partial charge on any atom is 0.321 e. The molecule has 2 aliphatic rings. The highest BCUT2D eigenvalue weighted by atomic mass is 32.2. The van der Waals surface area contributed by atoms with Gasteiger partial charge in [-0.25, -0.2) is 4.79 Å². The van der Waals surface area contributed by atoms with Crippen LogP contribution < -0.4 is 16.1 Å². The molecule has 1 atom stereocenters. The first-order valence-electron chi connectivity index (χ1n) is 3.45. The van der Waals surface area contributed by atoms with E-state index in [4.69, 9.17) is 0 Å². The van der Waals surface area contributed by atoms with Crippen LogP contribution in [0.25, 0.3) is 0 Å². The van der Waals surface area contributed by atoms with E-state index in [2.05, 4.69) is 21.2 Å². The van der Waals surface area contributed by atoms with Crippen molar-refractivity contribution in [3.8, 4) is 0 Å². The number of hydrogen-bond donors (Lipinski definition) is 3. The molecule has 2 rings (SSSR count). The number of hydrazone groups is 1. The molecule has 0 radical (unpaired) electrons. The van der Waals surface area contributed by atoms with Crippen molar-refractivity contribution in [2.75, 3.05) is 6.26 Å². The predicted molar refractivity (Wildman–Crippen MR) is 47.6 cm³/mol. The lowest BCUT2D eigenvalue weighted by Crippen LogP contribution is -2.51. The lowest BCUT2D eigenvalue weighted by molar-refractivity contribution is 0.238. The zero-order valence-electron chi connectivity index (χ0n) is 6.42. The van der Waals surface area contributed by atoms with Crippen LogP contribution in [0.4, 0.5) is 4.79 Å². The first-order chi connectivity index (χ1) is 5.81. The first kappa shape index (κ1) is 7.48. The number of nitrogens with one attached hydrogen (secondary N) is 3. The molecule has 2 amide bonds. The van der Waals surface area contributed by atoms with E-state index in [9.17, 15) is 4.79 Å². The molecule has 2 aliphatic heterocycles. The molecule has 3 N–H and O–H groups in total. The molecule has 0 aromatic carbocycles. The van der Waals surface area contributed by atoms with Crippen LogP contribution in [0.5, 0.6) is 0 Å². The molecule has 5 nitrogen and oxygen atoms in total. The van der Waals surface area contributed by atoms with Gasteiger partial charge in [-0.3, -0.25) is 5.43 Å². The van der Waals surface area contributed by atoms with Crippen molar-refractivity contribution in [2.45, 2.75) is 6.17 Å². The fraction of sp³-hybridized carbons (Fsp3) is 0.333. The van der Waals surface area contributed by atoms with E-state index >= 15 is 0 Å². The highest BCUT2D eigenvalue weighted by Gasteiger charge is 2.27. The second kappa shape index (κ2) is 2.71. The molecular weight excluding hydrogens is 176 g/mol. The van der Waals surface area contributed by atoms with Gasteiger partial charge < -0.3 is 10.6 Å². The SMILES string of the molecule is CSC1=C2C=NNC2NC(=O)N1. The maximum absolute atomic E-state index is 11.0. The molecule has 0 saturated carbocycles. The summed E-state index contributed by atoms with van der Waals surface area (Å²) >= 11 is 1.50. The summed E-state index contributed by atoms with van der Waals surface area (Å²) in [5.41, 5.74) is 3.77. The average Bonchev–Trinajstić information content (AvgIpc) is 2.50. The summed E-state index contributed by atoms with van der Waals surface area (Å²) in [6, 6.07) is -0.189. The number of carbonyl (C=O) groups is 1. The van der Waals surface area contributed by atoms with Gasteiger partial charge >= 0.3 is 6.03 Å². The van der Waals surface area contributed by atoms with E-state index < -0.39 is 0 Å². The summed E-state index contributed by atoms with van der Waals surface area (Å²) in [6.07, 6.45) is 3.47. The van der Waals surface area contributed by atoms with Gasteiger partial charge in [-0.15, -0.1) is 11.8 Å². The van der Waals surface area contributed by atoms with Crippen molar-refractivity contribution in [3.05, 3.63) is 10.6 Å². The maximum atomic E-state index is 11.0. The first-order valence-corrected chi connectivity index (χ1v) is 4.68. The fourth-order valence-electron chi connectivity index (χ4n) is 1.14. The Morgan fingerprint density at radius 2 is 2.50 bits per heavy atom. The molecule has 0 aromatic rings. The van der Waals surface area contributed by atoms with Crippen LogP contribution in [0.3, 0.4) is 0 Å². The van der Waals surface area contributed by atoms with Crippen molar-refractivity contribution in [2.24, 2.45) is 5.10 Å². The van der Waals surface area contributed by atoms with Gasteiger partial charge in [0.15, 0.2) is 0 Å². The van der Waals surface area contributed by atoms with Gasteiger partial charge in [0.1, 0.15) is 6.17 Å². The Hall–Kier alpha value is -1.17. The molecule has 12 heavy (non-hydrogen) atoms. The Bertz CT molecular complexity index is 285. The van der Waals surface area contributed by atoms with E-state index in [1.807, 2.05) is 6.26 Å². The van der Waals surface area contributed by atoms with Gasteiger partial charge in [0.05, 0.1) is 11.2 Å². The van der Waals surface area contributed by atoms with Crippen molar-refractivity contribution >= 4 is 24.0 Å². The van der Waals surface area contributed by atoms with Gasteiger partial charge in [0.2, 0.25) is 0 Å². The second-order valence-corrected chi connectivity index (χ2v) is 3.22. The number of urea groups is 1. The average molecular weight is 184 g/mol. The molecule has 2 heterocycles. The third-order valence-corrected chi connectivity index (χ3v) is 2.43. The highest BCUT2D eigenvalue weighted by molar-refractivity contribution is 8.02. The Balaban J connectivity index is 2.34. The third-order valence-electron chi connectivity index (χ3n) is 1.69. The lowest BCUT2D eigenvalue weighted by Gasteiger charge is -2.22. The summed E-state index contributed by atoms with van der Waals surface area (Å²) < 4.78 is 0. The molecule has 1 unspecified atom stereocenters. The zero-order valence-corrected chi connectivity index (χ0v) is 7.23. The van der Waals surface area contributed by atoms with Crippen LogP contribution in [0.15, 0.2) is 15.7 Å². The molecule has 6 heteroatoms. The molecule has 0 bridgehead atoms. The Kier molecular flexibility index (Phi) is 1.69. The number of fused-ring (bicyclic) bond motifs is 1. The molecular formula is C6H8N4OS. The van der Waals surface area contributed by atoms with E-state index in [1.54, 1.807) is 6.21 Å². The van der Waals surface area contributed by atoms with Gasteiger partial charge in [-0.05, 0) is 6.26 Å². The van der Waals surface area contributed by atoms with Crippen LogP contribution in [0, 0.1) is 0 Å². The van der Waals surface area contributed by atoms with Crippen molar-refractivity contribution in [1.29, 1.82) is 0 Å². The lowest BCUT2D eigenvalue weighted by atomic mass is 10.2. The Morgan fingerprint density at radius 1 is 1.67 bits per heavy atom. The quantitative estimate of drug-likeness (QED) is 0.528. The topological polar surface area (TPSA) is 65.5 Å². The molecule has 0 fully saturated rings. The Labute approximate surface area is 73.7 Å². The van der Waals surface area contributed by atoms with Crippen molar-refractivity contribution in [3.63, 3.8) is 0 Å². The zero-order chi connectivity index (χ0) is 8.55. The van der Waals surface area contributed by atoms with E-state index in [0.717, 1.165) is 10.6 Å². The molecule has 64 valence electrons. The monoisotopic (exact) mass is 184 g/mol. The second-order valence-electron chi connectivity index (χ2n) is 2.41. The highest BCUT2D eigenvalue weighted by Crippen LogP contribution is 2.19. The standard InChI is InChI=1S/C6H8N4OS/c1-12-5-3-2-7-10-4(3)8-6(11)9-5/h2,4,10H,1H3,(H2,8,9,11). The smallest absolute Gasteiger partial charge is 0.312 e. The number of carbonyl (C=O) groups excluding carboxylic acids is 1. The molecule has 0 aliphatic carbocycles. The third kappa shape index (κ3) is 1.04.